The summed E-state index contributed by atoms with van der Waals surface area (Å²) in [5, 5.41) is 0. The van der Waals surface area contributed by atoms with Gasteiger partial charge in [-0.1, -0.05) is 20.8 Å². The van der Waals surface area contributed by atoms with Gasteiger partial charge >= 0.3 is 0 Å². The molecule has 0 bridgehead atoms. The highest BCUT2D eigenvalue weighted by atomic mass is 32.2. The van der Waals surface area contributed by atoms with Gasteiger partial charge in [0.1, 0.15) is 0 Å². The molecule has 4 nitrogen and oxygen atoms in total. The fraction of sp³-hybridized carbons (Fsp3) is 1.00. The fourth-order valence-corrected chi connectivity index (χ4v) is 3.22. The smallest absolute Gasteiger partial charge is 0.208 e. The second kappa shape index (κ2) is 5.24. The monoisotopic (exact) mass is 262 g/mol. The molecule has 1 aliphatic rings. The van der Waals surface area contributed by atoms with Crippen molar-refractivity contribution in [2.45, 2.75) is 46.1 Å². The molecule has 0 aromatic rings. The number of hydrogen-bond donors (Lipinski definition) is 2. The third-order valence-electron chi connectivity index (χ3n) is 4.13. The maximum atomic E-state index is 11.1. The lowest BCUT2D eigenvalue weighted by Crippen LogP contribution is -2.43. The van der Waals surface area contributed by atoms with Crippen LogP contribution in [0.3, 0.4) is 0 Å². The molecule has 0 aromatic carbocycles. The highest BCUT2D eigenvalue weighted by Gasteiger charge is 2.35. The summed E-state index contributed by atoms with van der Waals surface area (Å²) >= 11 is 0. The van der Waals surface area contributed by atoms with Crippen LogP contribution in [0.15, 0.2) is 0 Å². The predicted octanol–water partition coefficient (Wildman–Crippen LogP) is 1.33. The van der Waals surface area contributed by atoms with Crippen LogP contribution in [0, 0.1) is 17.3 Å². The van der Waals surface area contributed by atoms with Gasteiger partial charge in [-0.3, -0.25) is 0 Å². The molecule has 1 saturated carbocycles. The number of rotatable bonds is 4. The third kappa shape index (κ3) is 4.56. The van der Waals surface area contributed by atoms with Crippen molar-refractivity contribution in [1.29, 1.82) is 0 Å². The summed E-state index contributed by atoms with van der Waals surface area (Å²) in [6, 6.07) is 0.310. The van der Waals surface area contributed by atoms with Crippen LogP contribution in [0.25, 0.3) is 0 Å². The zero-order valence-corrected chi connectivity index (χ0v) is 12.2. The Balaban J connectivity index is 2.58. The number of nitrogens with two attached hydrogens (primary N) is 1. The lowest BCUT2D eigenvalue weighted by molar-refractivity contribution is 0.122. The van der Waals surface area contributed by atoms with Gasteiger partial charge in [-0.25, -0.2) is 13.1 Å². The van der Waals surface area contributed by atoms with E-state index >= 15 is 0 Å². The maximum Gasteiger partial charge on any atom is 0.208 e. The van der Waals surface area contributed by atoms with E-state index in [0.29, 0.717) is 24.4 Å². The van der Waals surface area contributed by atoms with Crippen LogP contribution in [-0.4, -0.2) is 27.3 Å². The van der Waals surface area contributed by atoms with Crippen LogP contribution in [0.2, 0.25) is 0 Å². The summed E-state index contributed by atoms with van der Waals surface area (Å²) < 4.78 is 24.9. The SMILES string of the molecule is CC1CC(C(C)(C)CNS(C)(=O)=O)CCC1N. The minimum atomic E-state index is -3.09. The van der Waals surface area contributed by atoms with Gasteiger partial charge in [-0.05, 0) is 36.5 Å². The minimum Gasteiger partial charge on any atom is -0.327 e. The normalized spacial score (nSPS) is 31.5. The first-order valence-electron chi connectivity index (χ1n) is 6.32. The molecule has 1 fully saturated rings. The largest absolute Gasteiger partial charge is 0.327 e. The van der Waals surface area contributed by atoms with E-state index in [1.165, 1.54) is 6.26 Å². The second-order valence-corrected chi connectivity index (χ2v) is 8.07. The molecular formula is C12H26N2O2S. The van der Waals surface area contributed by atoms with Crippen molar-refractivity contribution in [2.75, 3.05) is 12.8 Å². The molecule has 0 saturated heterocycles. The van der Waals surface area contributed by atoms with Gasteiger partial charge in [0.15, 0.2) is 0 Å². The van der Waals surface area contributed by atoms with E-state index in [1.54, 1.807) is 0 Å². The Labute approximate surface area is 105 Å². The molecule has 3 N–H and O–H groups in total. The van der Waals surface area contributed by atoms with E-state index in [1.807, 2.05) is 0 Å². The average Bonchev–Trinajstić information content (AvgIpc) is 2.18. The quantitative estimate of drug-likeness (QED) is 0.802. The van der Waals surface area contributed by atoms with Crippen molar-refractivity contribution in [2.24, 2.45) is 23.0 Å². The first kappa shape index (κ1) is 14.9. The first-order valence-corrected chi connectivity index (χ1v) is 8.21. The Hall–Kier alpha value is -0.130. The standard InChI is InChI=1S/C12H26N2O2S/c1-9-7-10(5-6-11(9)13)12(2,3)8-14-17(4,15)16/h9-11,14H,5-8,13H2,1-4H3. The molecule has 3 atom stereocenters. The van der Waals surface area contributed by atoms with Crippen molar-refractivity contribution >= 4 is 10.0 Å². The van der Waals surface area contributed by atoms with Gasteiger partial charge in [0.25, 0.3) is 0 Å². The Morgan fingerprint density at radius 3 is 2.41 bits per heavy atom. The molecule has 0 radical (unpaired) electrons. The highest BCUT2D eigenvalue weighted by molar-refractivity contribution is 7.88. The molecule has 102 valence electrons. The van der Waals surface area contributed by atoms with Crippen molar-refractivity contribution in [3.05, 3.63) is 0 Å². The Morgan fingerprint density at radius 1 is 1.35 bits per heavy atom. The van der Waals surface area contributed by atoms with Crippen molar-refractivity contribution in [3.63, 3.8) is 0 Å². The first-order chi connectivity index (χ1) is 7.62. The molecule has 17 heavy (non-hydrogen) atoms. The van der Waals surface area contributed by atoms with Crippen molar-refractivity contribution < 1.29 is 8.42 Å². The van der Waals surface area contributed by atoms with Crippen molar-refractivity contribution in [3.8, 4) is 0 Å². The molecule has 0 amide bonds. The third-order valence-corrected chi connectivity index (χ3v) is 4.80. The molecule has 5 heteroatoms. The summed E-state index contributed by atoms with van der Waals surface area (Å²) in [6.07, 6.45) is 4.46. The number of nitrogens with one attached hydrogen (secondary N) is 1. The van der Waals surface area contributed by atoms with Crippen LogP contribution in [0.5, 0.6) is 0 Å². The zero-order chi connectivity index (χ0) is 13.3. The second-order valence-electron chi connectivity index (χ2n) is 6.23. The topological polar surface area (TPSA) is 72.2 Å². The van der Waals surface area contributed by atoms with Crippen LogP contribution >= 0.6 is 0 Å². The van der Waals surface area contributed by atoms with Gasteiger partial charge in [0, 0.05) is 12.6 Å². The summed E-state index contributed by atoms with van der Waals surface area (Å²) in [5.41, 5.74) is 6.01. The van der Waals surface area contributed by atoms with Crippen LogP contribution in [-0.2, 0) is 10.0 Å². The van der Waals surface area contributed by atoms with Gasteiger partial charge in [0.05, 0.1) is 6.26 Å². The van der Waals surface area contributed by atoms with Gasteiger partial charge in [0.2, 0.25) is 10.0 Å². The van der Waals surface area contributed by atoms with E-state index in [2.05, 4.69) is 25.5 Å². The number of sulfonamides is 1. The highest BCUT2D eigenvalue weighted by Crippen LogP contribution is 2.39. The summed E-state index contributed by atoms with van der Waals surface area (Å²) in [5.74, 6) is 1.08. The maximum absolute atomic E-state index is 11.1. The van der Waals surface area contributed by atoms with E-state index in [4.69, 9.17) is 5.73 Å². The predicted molar refractivity (Wildman–Crippen MR) is 71.1 cm³/mol. The lowest BCUT2D eigenvalue weighted by Gasteiger charge is -2.41. The Morgan fingerprint density at radius 2 is 1.94 bits per heavy atom. The van der Waals surface area contributed by atoms with Crippen LogP contribution in [0.4, 0.5) is 0 Å². The summed E-state index contributed by atoms with van der Waals surface area (Å²) in [4.78, 5) is 0. The molecule has 3 unspecified atom stereocenters. The molecule has 0 aromatic heterocycles. The average molecular weight is 262 g/mol. The zero-order valence-electron chi connectivity index (χ0n) is 11.4. The molecular weight excluding hydrogens is 236 g/mol. The van der Waals surface area contributed by atoms with E-state index in [9.17, 15) is 8.42 Å². The Bertz CT molecular complexity index is 352. The van der Waals surface area contributed by atoms with Crippen LogP contribution in [0.1, 0.15) is 40.0 Å². The number of hydrogen-bond acceptors (Lipinski definition) is 3. The van der Waals surface area contributed by atoms with Crippen LogP contribution < -0.4 is 10.5 Å². The fourth-order valence-electron chi connectivity index (χ4n) is 2.59. The Kier molecular flexibility index (Phi) is 4.60. The summed E-state index contributed by atoms with van der Waals surface area (Å²) in [7, 11) is -3.09. The summed E-state index contributed by atoms with van der Waals surface area (Å²) in [6.45, 7) is 6.98. The molecule has 0 aliphatic heterocycles. The van der Waals surface area contributed by atoms with Gasteiger partial charge in [-0.15, -0.1) is 0 Å². The van der Waals surface area contributed by atoms with Gasteiger partial charge < -0.3 is 5.73 Å². The van der Waals surface area contributed by atoms with E-state index in [-0.39, 0.29) is 5.41 Å². The molecule has 1 rings (SSSR count). The van der Waals surface area contributed by atoms with Gasteiger partial charge in [-0.2, -0.15) is 0 Å². The lowest BCUT2D eigenvalue weighted by atomic mass is 9.67. The van der Waals surface area contributed by atoms with E-state index in [0.717, 1.165) is 19.3 Å². The minimum absolute atomic E-state index is 0.00250. The van der Waals surface area contributed by atoms with Crippen molar-refractivity contribution in [1.82, 2.24) is 4.72 Å². The van der Waals surface area contributed by atoms with E-state index < -0.39 is 10.0 Å². The molecule has 0 spiro atoms. The molecule has 1 aliphatic carbocycles. The molecule has 0 heterocycles.